The molecule has 0 unspecified atom stereocenters. The monoisotopic (exact) mass is 216 g/mol. The average Bonchev–Trinajstić information content (AvgIpc) is 2.29. The number of azo groups is 1. The smallest absolute Gasteiger partial charge is 0.180 e. The first-order valence-corrected chi connectivity index (χ1v) is 5.46. The minimum atomic E-state index is -0.0811. The van der Waals surface area contributed by atoms with Crippen molar-refractivity contribution >= 4 is 5.78 Å². The second-order valence-electron chi connectivity index (χ2n) is 3.37. The molecule has 0 saturated carbocycles. The van der Waals surface area contributed by atoms with Gasteiger partial charge in [0, 0.05) is 6.08 Å². The van der Waals surface area contributed by atoms with Crippen LogP contribution in [0.3, 0.4) is 0 Å². The van der Waals surface area contributed by atoms with Crippen molar-refractivity contribution in [1.29, 1.82) is 0 Å². The molecule has 16 heavy (non-hydrogen) atoms. The fourth-order valence-corrected chi connectivity index (χ4v) is 1.17. The predicted molar refractivity (Wildman–Crippen MR) is 65.1 cm³/mol. The van der Waals surface area contributed by atoms with Crippen LogP contribution in [0.4, 0.5) is 0 Å². The number of carbonyl (C=O) groups is 1. The zero-order chi connectivity index (χ0) is 11.5. The molecule has 0 aromatic carbocycles. The van der Waals surface area contributed by atoms with Gasteiger partial charge >= 0.3 is 0 Å². The molecule has 1 aliphatic rings. The number of carbonyl (C=O) groups excluding carboxylic acids is 1. The Hall–Kier alpha value is -1.77. The lowest BCUT2D eigenvalue weighted by atomic mass is 10.2. The molecule has 0 atom stereocenters. The van der Waals surface area contributed by atoms with Crippen LogP contribution in [-0.2, 0) is 4.79 Å². The van der Waals surface area contributed by atoms with E-state index in [0.717, 1.165) is 25.8 Å². The van der Waals surface area contributed by atoms with E-state index in [1.54, 1.807) is 6.08 Å². The van der Waals surface area contributed by atoms with Gasteiger partial charge in [0.1, 0.15) is 0 Å². The third-order valence-electron chi connectivity index (χ3n) is 2.00. The van der Waals surface area contributed by atoms with Gasteiger partial charge in [-0.25, -0.2) is 0 Å². The van der Waals surface area contributed by atoms with Crippen LogP contribution in [0.15, 0.2) is 59.0 Å². The van der Waals surface area contributed by atoms with Crippen molar-refractivity contribution in [2.24, 2.45) is 10.2 Å². The van der Waals surface area contributed by atoms with E-state index in [2.05, 4.69) is 16.3 Å². The number of hydrogen-bond donors (Lipinski definition) is 0. The van der Waals surface area contributed by atoms with Crippen LogP contribution < -0.4 is 0 Å². The molecule has 0 saturated heterocycles. The standard InChI is InChI=1S/C13H16N2O/c16-13-9-7-5-3-1-2-4-6-8-11-14-15-12-10-13/h1-3,5,7,9-10,12H,4,6,8,11H2. The van der Waals surface area contributed by atoms with Gasteiger partial charge in [0.05, 0.1) is 12.7 Å². The zero-order valence-electron chi connectivity index (χ0n) is 9.25. The molecule has 1 heterocycles. The Morgan fingerprint density at radius 3 is 2.81 bits per heavy atom. The van der Waals surface area contributed by atoms with Crippen LogP contribution in [0.5, 0.6) is 0 Å². The third-order valence-corrected chi connectivity index (χ3v) is 2.00. The lowest BCUT2D eigenvalue weighted by Gasteiger charge is -1.90. The molecule has 0 spiro atoms. The highest BCUT2D eigenvalue weighted by molar-refractivity contribution is 5.99. The van der Waals surface area contributed by atoms with E-state index in [4.69, 9.17) is 0 Å². The molecule has 0 bridgehead atoms. The summed E-state index contributed by atoms with van der Waals surface area (Å²) in [5.41, 5.74) is 0. The maximum Gasteiger partial charge on any atom is 0.180 e. The summed E-state index contributed by atoms with van der Waals surface area (Å²) < 4.78 is 0. The van der Waals surface area contributed by atoms with E-state index < -0.39 is 0 Å². The summed E-state index contributed by atoms with van der Waals surface area (Å²) in [6.45, 7) is 0.720. The van der Waals surface area contributed by atoms with Crippen molar-refractivity contribution < 1.29 is 4.79 Å². The molecular formula is C13H16N2O. The first kappa shape index (κ1) is 12.3. The van der Waals surface area contributed by atoms with Crippen LogP contribution in [-0.4, -0.2) is 12.3 Å². The summed E-state index contributed by atoms with van der Waals surface area (Å²) in [4.78, 5) is 11.2. The minimum Gasteiger partial charge on any atom is -0.290 e. The molecule has 0 amide bonds. The van der Waals surface area contributed by atoms with E-state index in [9.17, 15) is 4.79 Å². The highest BCUT2D eigenvalue weighted by Gasteiger charge is 1.86. The van der Waals surface area contributed by atoms with Crippen LogP contribution in [0, 0.1) is 0 Å². The van der Waals surface area contributed by atoms with Gasteiger partial charge in [0.15, 0.2) is 5.78 Å². The van der Waals surface area contributed by atoms with Gasteiger partial charge in [0.2, 0.25) is 0 Å². The quantitative estimate of drug-likeness (QED) is 0.612. The Bertz CT molecular complexity index is 349. The molecule has 0 aliphatic carbocycles. The molecule has 1 rings (SSSR count). The van der Waals surface area contributed by atoms with Crippen molar-refractivity contribution in [3.05, 3.63) is 48.7 Å². The van der Waals surface area contributed by atoms with Crippen molar-refractivity contribution in [2.75, 3.05) is 6.54 Å². The van der Waals surface area contributed by atoms with Crippen LogP contribution in [0.25, 0.3) is 0 Å². The highest BCUT2D eigenvalue weighted by atomic mass is 16.1. The number of allylic oxidation sites excluding steroid dienone is 7. The molecule has 84 valence electrons. The molecule has 0 aromatic rings. The maximum atomic E-state index is 11.2. The molecule has 1 aliphatic heterocycles. The van der Waals surface area contributed by atoms with Gasteiger partial charge in [-0.2, -0.15) is 10.2 Å². The third kappa shape index (κ3) is 6.65. The first-order valence-electron chi connectivity index (χ1n) is 5.46. The van der Waals surface area contributed by atoms with Crippen LogP contribution in [0.2, 0.25) is 0 Å². The fraction of sp³-hybridized carbons (Fsp3) is 0.308. The number of ketones is 1. The van der Waals surface area contributed by atoms with Gasteiger partial charge in [-0.3, -0.25) is 4.79 Å². The van der Waals surface area contributed by atoms with Crippen molar-refractivity contribution in [2.45, 2.75) is 19.3 Å². The number of hydrogen-bond acceptors (Lipinski definition) is 3. The maximum absolute atomic E-state index is 11.2. The summed E-state index contributed by atoms with van der Waals surface area (Å²) in [6, 6.07) is 0. The van der Waals surface area contributed by atoms with Crippen molar-refractivity contribution in [3.8, 4) is 0 Å². The van der Waals surface area contributed by atoms with Gasteiger partial charge in [-0.15, -0.1) is 0 Å². The van der Waals surface area contributed by atoms with E-state index in [-0.39, 0.29) is 5.78 Å². The summed E-state index contributed by atoms with van der Waals surface area (Å²) in [6.07, 6.45) is 17.1. The van der Waals surface area contributed by atoms with E-state index >= 15 is 0 Å². The predicted octanol–water partition coefficient (Wildman–Crippen LogP) is 3.37. The lowest BCUT2D eigenvalue weighted by molar-refractivity contribution is -0.110. The Balaban J connectivity index is 2.57. The summed E-state index contributed by atoms with van der Waals surface area (Å²) in [5.74, 6) is -0.0811. The van der Waals surface area contributed by atoms with Gasteiger partial charge < -0.3 is 0 Å². The summed E-state index contributed by atoms with van der Waals surface area (Å²) in [7, 11) is 0. The number of nitrogens with zero attached hydrogens (tertiary/aromatic N) is 2. The van der Waals surface area contributed by atoms with Gasteiger partial charge in [-0.1, -0.05) is 30.4 Å². The first-order chi connectivity index (χ1) is 7.89. The Labute approximate surface area is 96.0 Å². The fourth-order valence-electron chi connectivity index (χ4n) is 1.17. The average molecular weight is 216 g/mol. The molecule has 3 heteroatoms. The topological polar surface area (TPSA) is 41.8 Å². The second-order valence-corrected chi connectivity index (χ2v) is 3.37. The van der Waals surface area contributed by atoms with E-state index in [1.165, 1.54) is 18.4 Å². The second kappa shape index (κ2) is 8.53. The zero-order valence-corrected chi connectivity index (χ0v) is 9.25. The lowest BCUT2D eigenvalue weighted by Crippen LogP contribution is -1.83. The summed E-state index contributed by atoms with van der Waals surface area (Å²) >= 11 is 0. The van der Waals surface area contributed by atoms with E-state index in [1.807, 2.05) is 18.2 Å². The van der Waals surface area contributed by atoms with Crippen molar-refractivity contribution in [1.82, 2.24) is 0 Å². The normalized spacial score (nSPS) is 18.4. The number of rotatable bonds is 0. The Morgan fingerprint density at radius 2 is 1.88 bits per heavy atom. The molecule has 0 radical (unpaired) electrons. The molecular weight excluding hydrogens is 200 g/mol. The van der Waals surface area contributed by atoms with Crippen molar-refractivity contribution in [3.63, 3.8) is 0 Å². The Morgan fingerprint density at radius 1 is 1.00 bits per heavy atom. The van der Waals surface area contributed by atoms with E-state index in [0.29, 0.717) is 0 Å². The Kier molecular flexibility index (Phi) is 6.56. The highest BCUT2D eigenvalue weighted by Crippen LogP contribution is 1.98. The van der Waals surface area contributed by atoms with Crippen LogP contribution in [0.1, 0.15) is 19.3 Å². The SMILES string of the molecule is O=C1C=CC=CC=CCCCCN=NC=C1. The molecule has 0 N–H and O–H groups in total. The molecule has 0 aromatic heterocycles. The largest absolute Gasteiger partial charge is 0.290 e. The summed E-state index contributed by atoms with van der Waals surface area (Å²) in [5, 5.41) is 7.73. The van der Waals surface area contributed by atoms with Crippen LogP contribution >= 0.6 is 0 Å². The minimum absolute atomic E-state index is 0.0811. The van der Waals surface area contributed by atoms with Gasteiger partial charge in [0.25, 0.3) is 0 Å². The van der Waals surface area contributed by atoms with Gasteiger partial charge in [-0.05, 0) is 25.3 Å². The molecule has 0 fully saturated rings. The molecule has 3 nitrogen and oxygen atoms in total.